The molecule has 8 heteroatoms. The number of anilines is 1. The van der Waals surface area contributed by atoms with Crippen LogP contribution in [0.4, 0.5) is 5.00 Å². The Bertz CT molecular complexity index is 1310. The summed E-state index contributed by atoms with van der Waals surface area (Å²) in [6.45, 7) is 2.02. The number of nitrogens with one attached hydrogen (secondary N) is 1. The molecule has 1 amide bonds. The van der Waals surface area contributed by atoms with Crippen molar-refractivity contribution in [1.82, 2.24) is 4.57 Å². The van der Waals surface area contributed by atoms with Gasteiger partial charge in [-0.05, 0) is 55.0 Å². The number of benzene rings is 1. The zero-order valence-electron chi connectivity index (χ0n) is 18.1. The molecule has 1 N–H and O–H groups in total. The summed E-state index contributed by atoms with van der Waals surface area (Å²) in [5.74, 6) is -0.661. The maximum Gasteiger partial charge on any atom is 0.341 e. The lowest BCUT2D eigenvalue weighted by atomic mass is 10.0. The van der Waals surface area contributed by atoms with Crippen molar-refractivity contribution in [3.63, 3.8) is 0 Å². The van der Waals surface area contributed by atoms with Crippen molar-refractivity contribution < 1.29 is 14.3 Å². The third-order valence-corrected chi connectivity index (χ3v) is 8.04. The van der Waals surface area contributed by atoms with Crippen LogP contribution in [0, 0.1) is 0 Å². The van der Waals surface area contributed by atoms with Gasteiger partial charge in [-0.15, -0.1) is 22.7 Å². The van der Waals surface area contributed by atoms with Gasteiger partial charge < -0.3 is 14.6 Å². The van der Waals surface area contributed by atoms with Gasteiger partial charge >= 0.3 is 5.97 Å². The molecule has 5 rings (SSSR count). The molecule has 3 aromatic heterocycles. The van der Waals surface area contributed by atoms with Crippen LogP contribution in [0.3, 0.4) is 0 Å². The van der Waals surface area contributed by atoms with E-state index in [1.807, 2.05) is 23.6 Å². The average Bonchev–Trinajstić information content (AvgIpc) is 3.58. The molecule has 5 nitrogen and oxygen atoms in total. The quantitative estimate of drug-likeness (QED) is 0.278. The van der Waals surface area contributed by atoms with Gasteiger partial charge in [0.05, 0.1) is 16.8 Å². The smallest absolute Gasteiger partial charge is 0.341 e. The zero-order chi connectivity index (χ0) is 22.9. The molecule has 3 heterocycles. The van der Waals surface area contributed by atoms with Gasteiger partial charge in [-0.25, -0.2) is 4.79 Å². The van der Waals surface area contributed by atoms with Crippen molar-refractivity contribution in [3.8, 4) is 11.1 Å². The number of aromatic nitrogens is 1. The fourth-order valence-corrected chi connectivity index (χ4v) is 6.43. The number of halogens is 1. The minimum atomic E-state index is -0.453. The number of carbonyl (C=O) groups excluding carboxylic acids is 2. The molecule has 1 aromatic carbocycles. The molecule has 0 aliphatic heterocycles. The fourth-order valence-electron chi connectivity index (χ4n) is 4.54. The van der Waals surface area contributed by atoms with Gasteiger partial charge in [-0.2, -0.15) is 0 Å². The highest BCUT2D eigenvalue weighted by molar-refractivity contribution is 7.17. The molecule has 1 aliphatic rings. The predicted molar refractivity (Wildman–Crippen MR) is 136 cm³/mol. The van der Waals surface area contributed by atoms with E-state index in [1.165, 1.54) is 24.2 Å². The van der Waals surface area contributed by atoms with Crippen LogP contribution < -0.4 is 5.32 Å². The van der Waals surface area contributed by atoms with Gasteiger partial charge in [-0.1, -0.05) is 36.6 Å². The van der Waals surface area contributed by atoms with Crippen LogP contribution in [0.1, 0.15) is 59.5 Å². The number of carbonyl (C=O) groups is 2. The van der Waals surface area contributed by atoms with Crippen LogP contribution >= 0.6 is 34.3 Å². The molecule has 1 saturated carbocycles. The van der Waals surface area contributed by atoms with Crippen molar-refractivity contribution in [3.05, 3.63) is 63.4 Å². The van der Waals surface area contributed by atoms with Crippen LogP contribution in [-0.4, -0.2) is 23.1 Å². The molecule has 0 radical (unpaired) electrons. The Kier molecular flexibility index (Phi) is 6.27. The maximum absolute atomic E-state index is 13.5. The van der Waals surface area contributed by atoms with E-state index >= 15 is 0 Å². The fraction of sp³-hybridized carbons (Fsp3) is 0.280. The Hall–Kier alpha value is -2.61. The van der Waals surface area contributed by atoms with Gasteiger partial charge in [-0.3, -0.25) is 4.79 Å². The van der Waals surface area contributed by atoms with Crippen LogP contribution in [-0.2, 0) is 4.74 Å². The first-order chi connectivity index (χ1) is 16.1. The maximum atomic E-state index is 13.5. The SMILES string of the molecule is CCOC(=O)c1c(-c2ccc(Cl)cc2)csc1NC(=O)c1cc2sccc2n1C1CCCC1. The molecule has 1 aliphatic carbocycles. The summed E-state index contributed by atoms with van der Waals surface area (Å²) in [6, 6.07) is 11.7. The zero-order valence-corrected chi connectivity index (χ0v) is 20.5. The van der Waals surface area contributed by atoms with E-state index in [0.717, 1.165) is 34.2 Å². The van der Waals surface area contributed by atoms with E-state index in [9.17, 15) is 9.59 Å². The number of nitrogens with zero attached hydrogens (tertiary/aromatic N) is 1. The highest BCUT2D eigenvalue weighted by atomic mass is 35.5. The molecular weight excluding hydrogens is 476 g/mol. The number of fused-ring (bicyclic) bond motifs is 1. The first-order valence-corrected chi connectivity index (χ1v) is 13.1. The number of amides is 1. The number of hydrogen-bond donors (Lipinski definition) is 1. The summed E-state index contributed by atoms with van der Waals surface area (Å²) >= 11 is 9.00. The van der Waals surface area contributed by atoms with Gasteiger partial charge in [0.15, 0.2) is 0 Å². The van der Waals surface area contributed by atoms with E-state index in [2.05, 4.69) is 21.3 Å². The first kappa shape index (κ1) is 22.2. The summed E-state index contributed by atoms with van der Waals surface area (Å²) in [6.07, 6.45) is 4.51. The normalized spacial score (nSPS) is 14.1. The van der Waals surface area contributed by atoms with E-state index in [1.54, 1.807) is 30.4 Å². The van der Waals surface area contributed by atoms with Crippen molar-refractivity contribution in [2.45, 2.75) is 38.6 Å². The van der Waals surface area contributed by atoms with Crippen molar-refractivity contribution in [1.29, 1.82) is 0 Å². The van der Waals surface area contributed by atoms with Crippen molar-refractivity contribution in [2.24, 2.45) is 0 Å². The molecule has 0 unspecified atom stereocenters. The third-order valence-electron chi connectivity index (χ3n) is 6.04. The van der Waals surface area contributed by atoms with Crippen LogP contribution in [0.15, 0.2) is 47.2 Å². The average molecular weight is 499 g/mol. The van der Waals surface area contributed by atoms with Crippen LogP contribution in [0.25, 0.3) is 21.3 Å². The third kappa shape index (κ3) is 4.21. The Morgan fingerprint density at radius 3 is 2.64 bits per heavy atom. The molecule has 0 saturated heterocycles. The van der Waals surface area contributed by atoms with Crippen molar-refractivity contribution >= 4 is 61.4 Å². The van der Waals surface area contributed by atoms with Gasteiger partial charge in [0.25, 0.3) is 5.91 Å². The Labute approximate surface area is 204 Å². The molecule has 170 valence electrons. The lowest BCUT2D eigenvalue weighted by Gasteiger charge is -2.17. The molecular formula is C25H23ClN2O3S2. The van der Waals surface area contributed by atoms with E-state index in [0.29, 0.717) is 27.3 Å². The summed E-state index contributed by atoms with van der Waals surface area (Å²) in [4.78, 5) is 26.4. The molecule has 0 atom stereocenters. The highest BCUT2D eigenvalue weighted by Crippen LogP contribution is 2.39. The molecule has 4 aromatic rings. The minimum absolute atomic E-state index is 0.208. The lowest BCUT2D eigenvalue weighted by molar-refractivity contribution is 0.0529. The largest absolute Gasteiger partial charge is 0.462 e. The summed E-state index contributed by atoms with van der Waals surface area (Å²) in [5, 5.41) is 8.07. The number of esters is 1. The summed E-state index contributed by atoms with van der Waals surface area (Å²) < 4.78 is 8.62. The second-order valence-corrected chi connectivity index (χ2v) is 10.3. The summed E-state index contributed by atoms with van der Waals surface area (Å²) in [7, 11) is 0. The van der Waals surface area contributed by atoms with Gasteiger partial charge in [0.1, 0.15) is 16.3 Å². The molecule has 0 bridgehead atoms. The minimum Gasteiger partial charge on any atom is -0.462 e. The standard InChI is InChI=1S/C25H23ClN2O3S2/c1-2-31-25(30)22-18(15-7-9-16(26)10-8-15)14-33-24(22)27-23(29)20-13-21-19(11-12-32-21)28(20)17-5-3-4-6-17/h7-14,17H,2-6H2,1H3,(H,27,29). The van der Waals surface area contributed by atoms with E-state index in [-0.39, 0.29) is 12.5 Å². The van der Waals surface area contributed by atoms with Crippen LogP contribution in [0.2, 0.25) is 5.02 Å². The van der Waals surface area contributed by atoms with Crippen molar-refractivity contribution in [2.75, 3.05) is 11.9 Å². The monoisotopic (exact) mass is 498 g/mol. The predicted octanol–water partition coefficient (Wildman–Crippen LogP) is 7.63. The number of ether oxygens (including phenoxy) is 1. The number of rotatable bonds is 6. The van der Waals surface area contributed by atoms with E-state index in [4.69, 9.17) is 16.3 Å². The Morgan fingerprint density at radius 1 is 1.15 bits per heavy atom. The Morgan fingerprint density at radius 2 is 1.91 bits per heavy atom. The topological polar surface area (TPSA) is 60.3 Å². The molecule has 0 spiro atoms. The first-order valence-electron chi connectivity index (χ1n) is 11.0. The lowest BCUT2D eigenvalue weighted by Crippen LogP contribution is -2.20. The van der Waals surface area contributed by atoms with Gasteiger partial charge in [0.2, 0.25) is 0 Å². The second kappa shape index (κ2) is 9.33. The number of hydrogen-bond acceptors (Lipinski definition) is 5. The Balaban J connectivity index is 1.52. The van der Waals surface area contributed by atoms with E-state index < -0.39 is 5.97 Å². The summed E-state index contributed by atoms with van der Waals surface area (Å²) in [5.41, 5.74) is 3.68. The van der Waals surface area contributed by atoms with Gasteiger partial charge in [0, 0.05) is 22.0 Å². The van der Waals surface area contributed by atoms with Crippen LogP contribution in [0.5, 0.6) is 0 Å². The molecule has 1 fully saturated rings. The second-order valence-electron chi connectivity index (χ2n) is 8.04. The molecule has 33 heavy (non-hydrogen) atoms. The number of thiophene rings is 2. The highest BCUT2D eigenvalue weighted by Gasteiger charge is 2.27.